The number of nitrogens with zero attached hydrogens (tertiary/aromatic N) is 1. The SMILES string of the molecule is CCCCOc1ccc2c(c1)CCN=C2/C=C/c1ccc(OC)c(OC)c1. The molecule has 1 aliphatic rings. The first-order chi connectivity index (χ1) is 13.2. The predicted molar refractivity (Wildman–Crippen MR) is 111 cm³/mol. The number of unbranched alkanes of at least 4 members (excludes halogenated alkanes) is 1. The van der Waals surface area contributed by atoms with Crippen LogP contribution in [-0.2, 0) is 6.42 Å². The molecule has 0 saturated heterocycles. The summed E-state index contributed by atoms with van der Waals surface area (Å²) in [7, 11) is 3.29. The zero-order chi connectivity index (χ0) is 19.1. The van der Waals surface area contributed by atoms with Crippen LogP contribution in [0.2, 0.25) is 0 Å². The fourth-order valence-corrected chi connectivity index (χ4v) is 3.11. The fourth-order valence-electron chi connectivity index (χ4n) is 3.11. The molecular formula is C23H27NO3. The van der Waals surface area contributed by atoms with Crippen molar-refractivity contribution >= 4 is 11.8 Å². The summed E-state index contributed by atoms with van der Waals surface area (Å²) in [6, 6.07) is 12.2. The zero-order valence-corrected chi connectivity index (χ0v) is 16.3. The second kappa shape index (κ2) is 9.26. The lowest BCUT2D eigenvalue weighted by Crippen LogP contribution is -2.11. The minimum Gasteiger partial charge on any atom is -0.494 e. The smallest absolute Gasteiger partial charge is 0.161 e. The summed E-state index contributed by atoms with van der Waals surface area (Å²) in [6.45, 7) is 3.75. The van der Waals surface area contributed by atoms with E-state index in [0.717, 1.165) is 60.9 Å². The van der Waals surface area contributed by atoms with Crippen LogP contribution < -0.4 is 14.2 Å². The van der Waals surface area contributed by atoms with Crippen molar-refractivity contribution in [3.63, 3.8) is 0 Å². The number of hydrogen-bond acceptors (Lipinski definition) is 4. The van der Waals surface area contributed by atoms with Gasteiger partial charge < -0.3 is 14.2 Å². The van der Waals surface area contributed by atoms with Gasteiger partial charge in [0.1, 0.15) is 5.75 Å². The van der Waals surface area contributed by atoms with Crippen molar-refractivity contribution in [2.75, 3.05) is 27.4 Å². The Hall–Kier alpha value is -2.75. The Kier molecular flexibility index (Phi) is 6.53. The highest BCUT2D eigenvalue weighted by atomic mass is 16.5. The van der Waals surface area contributed by atoms with E-state index in [2.05, 4.69) is 31.2 Å². The molecule has 0 unspecified atom stereocenters. The summed E-state index contributed by atoms with van der Waals surface area (Å²) < 4.78 is 16.5. The number of aliphatic imine (C=N–C) groups is 1. The highest BCUT2D eigenvalue weighted by molar-refractivity contribution is 6.12. The number of benzene rings is 2. The molecule has 142 valence electrons. The second-order valence-corrected chi connectivity index (χ2v) is 6.49. The Morgan fingerprint density at radius 2 is 1.85 bits per heavy atom. The van der Waals surface area contributed by atoms with Crippen molar-refractivity contribution in [3.05, 3.63) is 59.2 Å². The highest BCUT2D eigenvalue weighted by Crippen LogP contribution is 2.28. The van der Waals surface area contributed by atoms with Gasteiger partial charge in [-0.1, -0.05) is 25.5 Å². The van der Waals surface area contributed by atoms with E-state index in [4.69, 9.17) is 19.2 Å². The molecule has 2 aromatic carbocycles. The zero-order valence-electron chi connectivity index (χ0n) is 16.3. The molecule has 0 spiro atoms. The van der Waals surface area contributed by atoms with Gasteiger partial charge >= 0.3 is 0 Å². The molecular weight excluding hydrogens is 338 g/mol. The topological polar surface area (TPSA) is 40.0 Å². The third-order valence-corrected chi connectivity index (χ3v) is 4.62. The molecule has 1 aliphatic heterocycles. The largest absolute Gasteiger partial charge is 0.494 e. The first-order valence-corrected chi connectivity index (χ1v) is 9.45. The van der Waals surface area contributed by atoms with Gasteiger partial charge in [0.05, 0.1) is 26.5 Å². The molecule has 0 saturated carbocycles. The van der Waals surface area contributed by atoms with Crippen molar-refractivity contribution < 1.29 is 14.2 Å². The van der Waals surface area contributed by atoms with Crippen LogP contribution in [0.15, 0.2) is 47.5 Å². The monoisotopic (exact) mass is 365 g/mol. The van der Waals surface area contributed by atoms with Gasteiger partial charge in [0, 0.05) is 12.1 Å². The Balaban J connectivity index is 1.77. The number of hydrogen-bond donors (Lipinski definition) is 0. The minimum absolute atomic E-state index is 0.722. The van der Waals surface area contributed by atoms with Gasteiger partial charge in [0.2, 0.25) is 0 Å². The molecule has 1 heterocycles. The van der Waals surface area contributed by atoms with Crippen LogP contribution in [0.3, 0.4) is 0 Å². The van der Waals surface area contributed by atoms with Crippen molar-refractivity contribution in [1.29, 1.82) is 0 Å². The molecule has 0 N–H and O–H groups in total. The Morgan fingerprint density at radius 1 is 1.00 bits per heavy atom. The average molecular weight is 365 g/mol. The molecule has 4 nitrogen and oxygen atoms in total. The van der Waals surface area contributed by atoms with Gasteiger partial charge in [-0.2, -0.15) is 0 Å². The van der Waals surface area contributed by atoms with Crippen LogP contribution in [0.1, 0.15) is 36.5 Å². The van der Waals surface area contributed by atoms with E-state index in [0.29, 0.717) is 0 Å². The van der Waals surface area contributed by atoms with Crippen LogP contribution in [0.25, 0.3) is 6.08 Å². The van der Waals surface area contributed by atoms with E-state index in [1.54, 1.807) is 14.2 Å². The van der Waals surface area contributed by atoms with Crippen LogP contribution >= 0.6 is 0 Å². The third kappa shape index (κ3) is 4.70. The van der Waals surface area contributed by atoms with Crippen molar-refractivity contribution in [1.82, 2.24) is 0 Å². The van der Waals surface area contributed by atoms with E-state index in [1.807, 2.05) is 24.3 Å². The molecule has 0 aromatic heterocycles. The first-order valence-electron chi connectivity index (χ1n) is 9.45. The summed E-state index contributed by atoms with van der Waals surface area (Å²) in [4.78, 5) is 4.70. The molecule has 0 aliphatic carbocycles. The quantitative estimate of drug-likeness (QED) is 0.622. The fraction of sp³-hybridized carbons (Fsp3) is 0.348. The number of fused-ring (bicyclic) bond motifs is 1. The maximum absolute atomic E-state index is 5.84. The molecule has 0 amide bonds. The van der Waals surface area contributed by atoms with E-state index < -0.39 is 0 Å². The van der Waals surface area contributed by atoms with Crippen LogP contribution in [0.4, 0.5) is 0 Å². The van der Waals surface area contributed by atoms with Crippen LogP contribution in [0.5, 0.6) is 17.2 Å². The number of rotatable bonds is 8. The number of methoxy groups -OCH3 is 2. The Bertz CT molecular complexity index is 840. The van der Waals surface area contributed by atoms with Gasteiger partial charge in [0.15, 0.2) is 11.5 Å². The van der Waals surface area contributed by atoms with Crippen molar-refractivity contribution in [3.8, 4) is 17.2 Å². The van der Waals surface area contributed by atoms with E-state index in [-0.39, 0.29) is 0 Å². The van der Waals surface area contributed by atoms with Gasteiger partial charge in [0.25, 0.3) is 0 Å². The lowest BCUT2D eigenvalue weighted by molar-refractivity contribution is 0.309. The third-order valence-electron chi connectivity index (χ3n) is 4.62. The second-order valence-electron chi connectivity index (χ2n) is 6.49. The lowest BCUT2D eigenvalue weighted by Gasteiger charge is -2.16. The van der Waals surface area contributed by atoms with Crippen LogP contribution in [0, 0.1) is 0 Å². The molecule has 0 atom stereocenters. The summed E-state index contributed by atoms with van der Waals surface area (Å²) in [5, 5.41) is 0. The number of ether oxygens (including phenoxy) is 3. The molecule has 4 heteroatoms. The number of allylic oxidation sites excluding steroid dienone is 1. The highest BCUT2D eigenvalue weighted by Gasteiger charge is 2.13. The molecule has 0 fully saturated rings. The molecule has 2 aromatic rings. The van der Waals surface area contributed by atoms with Crippen molar-refractivity contribution in [2.24, 2.45) is 4.99 Å². The van der Waals surface area contributed by atoms with Gasteiger partial charge in [-0.05, 0) is 60.4 Å². The molecule has 0 bridgehead atoms. The average Bonchev–Trinajstić information content (AvgIpc) is 2.72. The van der Waals surface area contributed by atoms with Gasteiger partial charge in [-0.3, -0.25) is 4.99 Å². The van der Waals surface area contributed by atoms with Crippen molar-refractivity contribution in [2.45, 2.75) is 26.2 Å². The standard InChI is InChI=1S/C23H27NO3/c1-4-5-14-27-19-8-9-20-18(16-19)12-13-24-21(20)10-6-17-7-11-22(25-2)23(15-17)26-3/h6-11,15-16H,4-5,12-14H2,1-3H3/b10-6+. The Morgan fingerprint density at radius 3 is 2.63 bits per heavy atom. The maximum atomic E-state index is 5.84. The summed E-state index contributed by atoms with van der Waals surface area (Å²) >= 11 is 0. The van der Waals surface area contributed by atoms with Gasteiger partial charge in [-0.25, -0.2) is 0 Å². The minimum atomic E-state index is 0.722. The van der Waals surface area contributed by atoms with E-state index in [1.165, 1.54) is 11.1 Å². The normalized spacial score (nSPS) is 13.2. The molecule has 3 rings (SSSR count). The van der Waals surface area contributed by atoms with E-state index >= 15 is 0 Å². The molecule has 0 radical (unpaired) electrons. The predicted octanol–water partition coefficient (Wildman–Crippen LogP) is 4.94. The summed E-state index contributed by atoms with van der Waals surface area (Å²) in [5.74, 6) is 2.40. The molecule has 27 heavy (non-hydrogen) atoms. The Labute approximate surface area is 161 Å². The van der Waals surface area contributed by atoms with E-state index in [9.17, 15) is 0 Å². The maximum Gasteiger partial charge on any atom is 0.161 e. The summed E-state index contributed by atoms with van der Waals surface area (Å²) in [6.07, 6.45) is 7.30. The lowest BCUT2D eigenvalue weighted by atomic mass is 9.96. The van der Waals surface area contributed by atoms with Gasteiger partial charge in [-0.15, -0.1) is 0 Å². The van der Waals surface area contributed by atoms with Crippen LogP contribution in [-0.4, -0.2) is 33.1 Å². The summed E-state index contributed by atoms with van der Waals surface area (Å²) in [5.41, 5.74) is 4.53. The first kappa shape index (κ1) is 19.0.